The Balaban J connectivity index is 1.17. The molecule has 1 saturated heterocycles. The van der Waals surface area contributed by atoms with Crippen molar-refractivity contribution in [3.63, 3.8) is 0 Å². The van der Waals surface area contributed by atoms with Gasteiger partial charge in [0.05, 0.1) is 25.1 Å². The van der Waals surface area contributed by atoms with Crippen molar-refractivity contribution in [3.8, 4) is 22.6 Å². The molecule has 0 aliphatic carbocycles. The van der Waals surface area contributed by atoms with E-state index in [0.717, 1.165) is 56.6 Å². The van der Waals surface area contributed by atoms with E-state index >= 15 is 0 Å². The van der Waals surface area contributed by atoms with Crippen LogP contribution < -0.4 is 19.7 Å². The number of likely N-dealkylation sites (N-methyl/N-ethyl adjacent to an activating group) is 1. The lowest BCUT2D eigenvalue weighted by atomic mass is 9.99. The van der Waals surface area contributed by atoms with Gasteiger partial charge in [0.15, 0.2) is 0 Å². The highest BCUT2D eigenvalue weighted by molar-refractivity contribution is 6.10. The van der Waals surface area contributed by atoms with Crippen molar-refractivity contribution in [3.05, 3.63) is 108 Å². The molecule has 0 aromatic heterocycles. The summed E-state index contributed by atoms with van der Waals surface area (Å²) in [7, 11) is 5.29. The van der Waals surface area contributed by atoms with Crippen LogP contribution in [0.3, 0.4) is 0 Å². The van der Waals surface area contributed by atoms with E-state index < -0.39 is 0 Å². The van der Waals surface area contributed by atoms with Gasteiger partial charge in [-0.15, -0.1) is 0 Å². The van der Waals surface area contributed by atoms with Gasteiger partial charge in [-0.3, -0.25) is 14.4 Å². The number of benzene rings is 4. The highest BCUT2D eigenvalue weighted by atomic mass is 16.5. The van der Waals surface area contributed by atoms with Gasteiger partial charge in [-0.2, -0.15) is 0 Å². The summed E-state index contributed by atoms with van der Waals surface area (Å²) in [4.78, 5) is 45.3. The molecule has 1 heterocycles. The molecule has 9 heteroatoms. The van der Waals surface area contributed by atoms with E-state index in [9.17, 15) is 14.4 Å². The average Bonchev–Trinajstić information content (AvgIpc) is 3.13. The van der Waals surface area contributed by atoms with Crippen LogP contribution in [0.15, 0.2) is 97.1 Å². The number of rotatable bonds is 13. The molecule has 1 fully saturated rings. The third kappa shape index (κ3) is 8.60. The smallest absolute Gasteiger partial charge is 0.258 e. The summed E-state index contributed by atoms with van der Waals surface area (Å²) in [5, 5.41) is 2.95. The molecular formula is C39H44N4O5. The number of carbonyl (C=O) groups is 3. The first-order valence-corrected chi connectivity index (χ1v) is 16.5. The number of nitrogens with zero attached hydrogens (tertiary/aromatic N) is 3. The molecule has 250 valence electrons. The SMILES string of the molecule is COc1cc(C(=O)N(C)c2ccccc2OCCCCCC(=O)N2CCN(C)CC2)ccc1NC(=O)c1ccccc1-c1ccccc1. The Morgan fingerprint density at radius 1 is 0.792 bits per heavy atom. The van der Waals surface area contributed by atoms with Crippen molar-refractivity contribution in [2.75, 3.05) is 64.2 Å². The van der Waals surface area contributed by atoms with Gasteiger partial charge in [0.25, 0.3) is 11.8 Å². The van der Waals surface area contributed by atoms with E-state index in [4.69, 9.17) is 9.47 Å². The van der Waals surface area contributed by atoms with Crippen molar-refractivity contribution < 1.29 is 23.9 Å². The molecule has 0 unspecified atom stereocenters. The lowest BCUT2D eigenvalue weighted by molar-refractivity contribution is -0.132. The van der Waals surface area contributed by atoms with E-state index in [1.807, 2.05) is 77.7 Å². The molecule has 4 aromatic rings. The number of nitrogens with one attached hydrogen (secondary N) is 1. The maximum Gasteiger partial charge on any atom is 0.258 e. The second kappa shape index (κ2) is 16.6. The van der Waals surface area contributed by atoms with E-state index in [-0.39, 0.29) is 17.7 Å². The topological polar surface area (TPSA) is 91.4 Å². The number of ether oxygens (including phenoxy) is 2. The second-order valence-corrected chi connectivity index (χ2v) is 12.0. The third-order valence-corrected chi connectivity index (χ3v) is 8.63. The van der Waals surface area contributed by atoms with Crippen LogP contribution in [0, 0.1) is 0 Å². The van der Waals surface area contributed by atoms with Crippen LogP contribution in [-0.4, -0.2) is 81.5 Å². The minimum Gasteiger partial charge on any atom is -0.495 e. The molecule has 1 aliphatic rings. The Morgan fingerprint density at radius 3 is 2.27 bits per heavy atom. The van der Waals surface area contributed by atoms with Crippen molar-refractivity contribution in [2.45, 2.75) is 25.7 Å². The minimum absolute atomic E-state index is 0.231. The Labute approximate surface area is 283 Å². The van der Waals surface area contributed by atoms with Gasteiger partial charge < -0.3 is 29.5 Å². The number of carbonyl (C=O) groups excluding carboxylic acids is 3. The number of hydrogen-bond acceptors (Lipinski definition) is 6. The summed E-state index contributed by atoms with van der Waals surface area (Å²) >= 11 is 0. The zero-order valence-corrected chi connectivity index (χ0v) is 28.0. The van der Waals surface area contributed by atoms with Gasteiger partial charge in [0.2, 0.25) is 5.91 Å². The molecule has 0 bridgehead atoms. The van der Waals surface area contributed by atoms with Crippen LogP contribution in [0.4, 0.5) is 11.4 Å². The van der Waals surface area contributed by atoms with Crippen LogP contribution in [0.1, 0.15) is 46.4 Å². The summed E-state index contributed by atoms with van der Waals surface area (Å²) in [5.41, 5.74) is 3.79. The van der Waals surface area contributed by atoms with Crippen molar-refractivity contribution in [1.82, 2.24) is 9.80 Å². The first-order valence-electron chi connectivity index (χ1n) is 16.5. The molecule has 5 rings (SSSR count). The quantitative estimate of drug-likeness (QED) is 0.164. The van der Waals surface area contributed by atoms with Gasteiger partial charge >= 0.3 is 0 Å². The fourth-order valence-electron chi connectivity index (χ4n) is 5.78. The standard InChI is InChI=1S/C39H44N4O5/c1-41-23-25-43(26-24-41)37(44)20-8-5-13-27-48-35-19-12-11-18-34(35)42(2)39(46)30-21-22-33(36(28-30)47-3)40-38(45)32-17-10-9-16-31(32)29-14-6-4-7-15-29/h4,6-7,9-12,14-19,21-22,28H,5,8,13,20,23-27H2,1-3H3,(H,40,45). The van der Waals surface area contributed by atoms with E-state index in [0.29, 0.717) is 47.0 Å². The molecule has 4 aromatic carbocycles. The number of methoxy groups -OCH3 is 1. The molecule has 0 radical (unpaired) electrons. The van der Waals surface area contributed by atoms with Gasteiger partial charge in [-0.05, 0) is 73.8 Å². The first-order chi connectivity index (χ1) is 23.4. The minimum atomic E-state index is -0.281. The summed E-state index contributed by atoms with van der Waals surface area (Å²) in [6.45, 7) is 3.95. The summed E-state index contributed by atoms with van der Waals surface area (Å²) in [5.74, 6) is 0.677. The average molecular weight is 649 g/mol. The largest absolute Gasteiger partial charge is 0.495 e. The monoisotopic (exact) mass is 648 g/mol. The predicted octanol–water partition coefficient (Wildman–Crippen LogP) is 6.60. The van der Waals surface area contributed by atoms with Crippen molar-refractivity contribution in [1.29, 1.82) is 0 Å². The van der Waals surface area contributed by atoms with E-state index in [2.05, 4.69) is 17.3 Å². The van der Waals surface area contributed by atoms with Crippen molar-refractivity contribution >= 4 is 29.1 Å². The number of piperazine rings is 1. The van der Waals surface area contributed by atoms with Gasteiger partial charge in [-0.1, -0.05) is 60.7 Å². The molecule has 3 amide bonds. The molecule has 9 nitrogen and oxygen atoms in total. The van der Waals surface area contributed by atoms with Crippen LogP contribution in [0.5, 0.6) is 11.5 Å². The molecule has 0 atom stereocenters. The molecule has 48 heavy (non-hydrogen) atoms. The van der Waals surface area contributed by atoms with Crippen LogP contribution in [-0.2, 0) is 4.79 Å². The van der Waals surface area contributed by atoms with Crippen molar-refractivity contribution in [2.24, 2.45) is 0 Å². The maximum absolute atomic E-state index is 13.6. The normalized spacial score (nSPS) is 13.1. The zero-order chi connectivity index (χ0) is 33.9. The molecule has 0 saturated carbocycles. The Morgan fingerprint density at radius 2 is 1.50 bits per heavy atom. The molecule has 1 N–H and O–H groups in total. The lowest BCUT2D eigenvalue weighted by Gasteiger charge is -2.32. The zero-order valence-electron chi connectivity index (χ0n) is 28.0. The number of anilines is 2. The third-order valence-electron chi connectivity index (χ3n) is 8.63. The van der Waals surface area contributed by atoms with Crippen LogP contribution in [0.25, 0.3) is 11.1 Å². The summed E-state index contributed by atoms with van der Waals surface area (Å²) in [6, 6.07) is 29.6. The number of amides is 3. The van der Waals surface area contributed by atoms with Gasteiger partial charge in [0.1, 0.15) is 11.5 Å². The van der Waals surface area contributed by atoms with E-state index in [1.54, 1.807) is 36.2 Å². The Kier molecular flexibility index (Phi) is 11.8. The van der Waals surface area contributed by atoms with Crippen LogP contribution >= 0.6 is 0 Å². The summed E-state index contributed by atoms with van der Waals surface area (Å²) < 4.78 is 11.7. The van der Waals surface area contributed by atoms with E-state index in [1.165, 1.54) is 7.11 Å². The Hall–Kier alpha value is -5.15. The second-order valence-electron chi connectivity index (χ2n) is 12.0. The number of hydrogen-bond donors (Lipinski definition) is 1. The summed E-state index contributed by atoms with van der Waals surface area (Å²) in [6.07, 6.45) is 3.08. The van der Waals surface area contributed by atoms with Gasteiger partial charge in [0, 0.05) is 50.8 Å². The van der Waals surface area contributed by atoms with Gasteiger partial charge in [-0.25, -0.2) is 0 Å². The molecular weight excluding hydrogens is 604 g/mol. The fraction of sp³-hybridized carbons (Fsp3) is 0.308. The molecule has 1 aliphatic heterocycles. The number of unbranched alkanes of at least 4 members (excludes halogenated alkanes) is 2. The maximum atomic E-state index is 13.6. The van der Waals surface area contributed by atoms with Crippen LogP contribution in [0.2, 0.25) is 0 Å². The lowest BCUT2D eigenvalue weighted by Crippen LogP contribution is -2.47. The highest BCUT2D eigenvalue weighted by Gasteiger charge is 2.21. The first kappa shape index (κ1) is 34.2. The fourth-order valence-corrected chi connectivity index (χ4v) is 5.78. The predicted molar refractivity (Wildman–Crippen MR) is 190 cm³/mol. The molecule has 0 spiro atoms. The highest BCUT2D eigenvalue weighted by Crippen LogP contribution is 2.32. The Bertz CT molecular complexity index is 1700. The number of para-hydroxylation sites is 2.